The summed E-state index contributed by atoms with van der Waals surface area (Å²) in [6.45, 7) is 3.72. The van der Waals surface area contributed by atoms with E-state index in [0.717, 1.165) is 37.2 Å². The van der Waals surface area contributed by atoms with E-state index in [2.05, 4.69) is 47.7 Å². The van der Waals surface area contributed by atoms with Crippen molar-refractivity contribution in [3.05, 3.63) is 65.3 Å². The summed E-state index contributed by atoms with van der Waals surface area (Å²) in [6.07, 6.45) is 3.26. The smallest absolute Gasteiger partial charge is 0.229 e. The number of ether oxygens (including phenoxy) is 1. The van der Waals surface area contributed by atoms with E-state index in [-0.39, 0.29) is 17.8 Å². The third-order valence-corrected chi connectivity index (χ3v) is 6.19. The lowest BCUT2D eigenvalue weighted by atomic mass is 10.1. The molecule has 1 fully saturated rings. The summed E-state index contributed by atoms with van der Waals surface area (Å²) in [5.41, 5.74) is 2.01. The second-order valence-corrected chi connectivity index (χ2v) is 9.10. The molecule has 2 aromatic carbocycles. The van der Waals surface area contributed by atoms with Gasteiger partial charge in [-0.1, -0.05) is 23.7 Å². The molecule has 186 valence electrons. The maximum atomic E-state index is 14.8. The van der Waals surface area contributed by atoms with E-state index in [1.807, 2.05) is 31.2 Å². The third kappa shape index (κ3) is 5.55. The summed E-state index contributed by atoms with van der Waals surface area (Å²) in [6, 6.07) is 12.3. The lowest BCUT2D eigenvalue weighted by Crippen LogP contribution is -2.35. The second-order valence-electron chi connectivity index (χ2n) is 8.70. The Morgan fingerprint density at radius 1 is 1.11 bits per heavy atom. The van der Waals surface area contributed by atoms with E-state index in [1.165, 1.54) is 12.3 Å². The van der Waals surface area contributed by atoms with E-state index in [0.29, 0.717) is 28.2 Å². The van der Waals surface area contributed by atoms with Gasteiger partial charge in [-0.05, 0) is 51.1 Å². The lowest BCUT2D eigenvalue weighted by Gasteiger charge is -2.29. The average Bonchev–Trinajstić information content (AvgIpc) is 3.30. The largest absolute Gasteiger partial charge is 0.487 e. The number of piperidine rings is 1. The normalized spacial score (nSPS) is 14.6. The Hall–Kier alpha value is -3.76. The van der Waals surface area contributed by atoms with Crippen molar-refractivity contribution in [1.82, 2.24) is 30.0 Å². The van der Waals surface area contributed by atoms with Crippen LogP contribution in [0.4, 0.5) is 27.5 Å². The molecule has 5 rings (SSSR count). The van der Waals surface area contributed by atoms with Crippen molar-refractivity contribution in [3.8, 4) is 17.1 Å². The first-order valence-corrected chi connectivity index (χ1v) is 12.0. The predicted molar refractivity (Wildman–Crippen MR) is 138 cm³/mol. The predicted octanol–water partition coefficient (Wildman–Crippen LogP) is 5.32. The first-order chi connectivity index (χ1) is 17.4. The number of aromatic amines is 1. The van der Waals surface area contributed by atoms with Gasteiger partial charge in [0.15, 0.2) is 23.2 Å². The van der Waals surface area contributed by atoms with Crippen LogP contribution in [0.15, 0.2) is 48.7 Å². The molecule has 1 aliphatic rings. The van der Waals surface area contributed by atoms with Crippen molar-refractivity contribution in [3.63, 3.8) is 0 Å². The summed E-state index contributed by atoms with van der Waals surface area (Å²) >= 11 is 6.37. The zero-order valence-electron chi connectivity index (χ0n) is 19.9. The molecule has 3 N–H and O–H groups in total. The number of rotatable bonds is 7. The average molecular weight is 509 g/mol. The van der Waals surface area contributed by atoms with Crippen molar-refractivity contribution >= 4 is 34.7 Å². The molecule has 1 aliphatic heterocycles. The third-order valence-electron chi connectivity index (χ3n) is 5.91. The number of nitrogens with one attached hydrogen (secondary N) is 3. The van der Waals surface area contributed by atoms with Gasteiger partial charge in [0.1, 0.15) is 17.0 Å². The van der Waals surface area contributed by atoms with E-state index in [1.54, 1.807) is 12.1 Å². The van der Waals surface area contributed by atoms with Gasteiger partial charge in [-0.15, -0.1) is 0 Å². The quantitative estimate of drug-likeness (QED) is 0.308. The number of aryl methyl sites for hydroxylation is 1. The molecular weight excluding hydrogens is 483 g/mol. The maximum absolute atomic E-state index is 14.8. The minimum absolute atomic E-state index is 0.0196. The second kappa shape index (κ2) is 10.5. The Balaban J connectivity index is 1.31. The topological polar surface area (TPSA) is 104 Å². The fraction of sp³-hybridized carbons (Fsp3) is 0.280. The number of aromatic nitrogens is 5. The molecule has 0 amide bonds. The molecule has 0 radical (unpaired) electrons. The van der Waals surface area contributed by atoms with Gasteiger partial charge in [0, 0.05) is 30.4 Å². The fourth-order valence-electron chi connectivity index (χ4n) is 3.98. The molecular formula is C25H26ClFN8O. The molecule has 0 bridgehead atoms. The minimum Gasteiger partial charge on any atom is -0.487 e. The molecule has 0 spiro atoms. The molecule has 4 aromatic rings. The van der Waals surface area contributed by atoms with Crippen molar-refractivity contribution in [2.75, 3.05) is 30.8 Å². The molecule has 3 heterocycles. The maximum Gasteiger partial charge on any atom is 0.229 e. The van der Waals surface area contributed by atoms with Crippen LogP contribution in [-0.2, 0) is 0 Å². The van der Waals surface area contributed by atoms with Gasteiger partial charge in [0.2, 0.25) is 5.95 Å². The zero-order chi connectivity index (χ0) is 25.1. The number of hydrogen-bond donors (Lipinski definition) is 3. The van der Waals surface area contributed by atoms with Crippen LogP contribution < -0.4 is 15.4 Å². The van der Waals surface area contributed by atoms with Crippen LogP contribution in [0.3, 0.4) is 0 Å². The van der Waals surface area contributed by atoms with Crippen LogP contribution in [-0.4, -0.2) is 56.3 Å². The van der Waals surface area contributed by atoms with Crippen molar-refractivity contribution in [2.45, 2.75) is 25.9 Å². The van der Waals surface area contributed by atoms with Gasteiger partial charge in [-0.2, -0.15) is 10.1 Å². The number of para-hydroxylation sites is 1. The molecule has 11 heteroatoms. The Kier molecular flexibility index (Phi) is 6.97. The molecule has 2 aromatic heterocycles. The number of H-pyrrole nitrogens is 1. The molecule has 0 unspecified atom stereocenters. The number of halogens is 2. The SMILES string of the molecule is Cc1nc(-c2ccccc2Nc2nc(Nc3ccc(OC4CCN(C)CC4)c(F)c3)ncc2Cl)n[nH]1. The van der Waals surface area contributed by atoms with Crippen LogP contribution in [0.25, 0.3) is 11.4 Å². The Labute approximate surface area is 213 Å². The zero-order valence-corrected chi connectivity index (χ0v) is 20.7. The summed E-state index contributed by atoms with van der Waals surface area (Å²) in [5.74, 6) is 1.71. The Morgan fingerprint density at radius 2 is 1.92 bits per heavy atom. The lowest BCUT2D eigenvalue weighted by molar-refractivity contribution is 0.110. The van der Waals surface area contributed by atoms with Crippen LogP contribution >= 0.6 is 11.6 Å². The number of hydrogen-bond acceptors (Lipinski definition) is 8. The highest BCUT2D eigenvalue weighted by atomic mass is 35.5. The van der Waals surface area contributed by atoms with E-state index in [4.69, 9.17) is 16.3 Å². The Bertz CT molecular complexity index is 1360. The Morgan fingerprint density at radius 3 is 2.67 bits per heavy atom. The van der Waals surface area contributed by atoms with Gasteiger partial charge < -0.3 is 20.3 Å². The number of benzene rings is 2. The minimum atomic E-state index is -0.443. The van der Waals surface area contributed by atoms with Crippen LogP contribution in [0.1, 0.15) is 18.7 Å². The van der Waals surface area contributed by atoms with Crippen LogP contribution in [0, 0.1) is 12.7 Å². The number of anilines is 4. The van der Waals surface area contributed by atoms with E-state index >= 15 is 0 Å². The van der Waals surface area contributed by atoms with Crippen molar-refractivity contribution in [1.29, 1.82) is 0 Å². The van der Waals surface area contributed by atoms with Gasteiger partial charge in [-0.3, -0.25) is 5.10 Å². The summed E-state index contributed by atoms with van der Waals surface area (Å²) in [5, 5.41) is 13.7. The van der Waals surface area contributed by atoms with Crippen molar-refractivity contribution in [2.24, 2.45) is 0 Å². The van der Waals surface area contributed by atoms with Crippen molar-refractivity contribution < 1.29 is 9.13 Å². The summed E-state index contributed by atoms with van der Waals surface area (Å²) < 4.78 is 20.6. The highest BCUT2D eigenvalue weighted by Crippen LogP contribution is 2.31. The molecule has 0 aliphatic carbocycles. The van der Waals surface area contributed by atoms with Crippen LogP contribution in [0.2, 0.25) is 5.02 Å². The first-order valence-electron chi connectivity index (χ1n) is 11.6. The fourth-order valence-corrected chi connectivity index (χ4v) is 4.12. The summed E-state index contributed by atoms with van der Waals surface area (Å²) in [4.78, 5) is 15.4. The molecule has 0 saturated carbocycles. The van der Waals surface area contributed by atoms with E-state index in [9.17, 15) is 4.39 Å². The standard InChI is InChI=1S/C25H26ClFN8O/c1-15-29-23(34-33-15)18-5-3-4-6-21(18)31-24-19(26)14-28-25(32-24)30-16-7-8-22(20(27)13-16)36-17-9-11-35(2)12-10-17/h3-8,13-14,17H,9-12H2,1-2H3,(H,29,33,34)(H2,28,30,31,32). The highest BCUT2D eigenvalue weighted by Gasteiger charge is 2.20. The van der Waals surface area contributed by atoms with E-state index < -0.39 is 5.82 Å². The highest BCUT2D eigenvalue weighted by molar-refractivity contribution is 6.33. The van der Waals surface area contributed by atoms with Gasteiger partial charge in [-0.25, -0.2) is 14.4 Å². The van der Waals surface area contributed by atoms with Gasteiger partial charge in [0.05, 0.1) is 11.9 Å². The first kappa shape index (κ1) is 24.0. The molecule has 36 heavy (non-hydrogen) atoms. The molecule has 9 nitrogen and oxygen atoms in total. The summed E-state index contributed by atoms with van der Waals surface area (Å²) in [7, 11) is 2.08. The number of likely N-dealkylation sites (tertiary alicyclic amines) is 1. The molecule has 0 atom stereocenters. The monoisotopic (exact) mass is 508 g/mol. The van der Waals surface area contributed by atoms with Gasteiger partial charge in [0.25, 0.3) is 0 Å². The number of nitrogens with zero attached hydrogens (tertiary/aromatic N) is 5. The van der Waals surface area contributed by atoms with Gasteiger partial charge >= 0.3 is 0 Å². The molecule has 1 saturated heterocycles. The van der Waals surface area contributed by atoms with Crippen LogP contribution in [0.5, 0.6) is 5.75 Å².